The minimum atomic E-state index is 0.241. The lowest BCUT2D eigenvalue weighted by Crippen LogP contribution is -2.00. The van der Waals surface area contributed by atoms with Crippen molar-refractivity contribution in [1.29, 1.82) is 0 Å². The first kappa shape index (κ1) is 11.3. The molecule has 6 heteroatoms. The Hall–Kier alpha value is -2.50. The molecule has 1 saturated carbocycles. The maximum atomic E-state index is 5.79. The van der Waals surface area contributed by atoms with Crippen molar-refractivity contribution in [2.24, 2.45) is 0 Å². The highest BCUT2D eigenvalue weighted by molar-refractivity contribution is 5.48. The number of benzene rings is 1. The standard InChI is InChI=1S/C14H13N3O3/c15-12-6-13(17-14(16-12)8-1-2-8)20-9-3-4-10-11(5-9)19-7-18-10/h3-6,8H,1-2,7H2,(H2,15,16,17). The number of aromatic nitrogens is 2. The van der Waals surface area contributed by atoms with Gasteiger partial charge in [0.15, 0.2) is 11.5 Å². The molecule has 4 rings (SSSR count). The van der Waals surface area contributed by atoms with E-state index in [0.717, 1.165) is 24.4 Å². The molecule has 2 aliphatic rings. The number of nitrogens with two attached hydrogens (primary N) is 1. The van der Waals surface area contributed by atoms with E-state index in [9.17, 15) is 0 Å². The van der Waals surface area contributed by atoms with Gasteiger partial charge in [-0.25, -0.2) is 4.98 Å². The molecule has 6 nitrogen and oxygen atoms in total. The van der Waals surface area contributed by atoms with Crippen molar-refractivity contribution in [2.45, 2.75) is 18.8 Å². The molecule has 0 atom stereocenters. The molecular formula is C14H13N3O3. The summed E-state index contributed by atoms with van der Waals surface area (Å²) in [5, 5.41) is 0. The van der Waals surface area contributed by atoms with Crippen molar-refractivity contribution in [3.63, 3.8) is 0 Å². The predicted octanol–water partition coefficient (Wildman–Crippen LogP) is 2.46. The average Bonchev–Trinajstić information content (AvgIpc) is 3.17. The van der Waals surface area contributed by atoms with Gasteiger partial charge in [0.25, 0.3) is 0 Å². The van der Waals surface area contributed by atoms with Gasteiger partial charge in [-0.05, 0) is 25.0 Å². The summed E-state index contributed by atoms with van der Waals surface area (Å²) in [6, 6.07) is 7.01. The van der Waals surface area contributed by atoms with E-state index in [1.807, 2.05) is 12.1 Å². The van der Waals surface area contributed by atoms with E-state index < -0.39 is 0 Å². The number of nitrogens with zero attached hydrogens (tertiary/aromatic N) is 2. The monoisotopic (exact) mass is 271 g/mol. The first-order valence-electron chi connectivity index (χ1n) is 6.50. The van der Waals surface area contributed by atoms with E-state index in [0.29, 0.717) is 29.1 Å². The lowest BCUT2D eigenvalue weighted by molar-refractivity contribution is 0.174. The lowest BCUT2D eigenvalue weighted by Gasteiger charge is -2.07. The fraction of sp³-hybridized carbons (Fsp3) is 0.286. The van der Waals surface area contributed by atoms with Gasteiger partial charge in [-0.2, -0.15) is 4.98 Å². The molecule has 2 aromatic rings. The normalized spacial score (nSPS) is 16.2. The van der Waals surface area contributed by atoms with Crippen LogP contribution in [0, 0.1) is 0 Å². The van der Waals surface area contributed by atoms with Gasteiger partial charge in [-0.15, -0.1) is 0 Å². The Balaban J connectivity index is 1.62. The van der Waals surface area contributed by atoms with Gasteiger partial charge in [-0.3, -0.25) is 0 Å². The summed E-state index contributed by atoms with van der Waals surface area (Å²) in [5.41, 5.74) is 5.79. The summed E-state index contributed by atoms with van der Waals surface area (Å²) in [6.07, 6.45) is 2.24. The zero-order chi connectivity index (χ0) is 13.5. The SMILES string of the molecule is Nc1cc(Oc2ccc3c(c2)OCO3)nc(C2CC2)n1. The van der Waals surface area contributed by atoms with Crippen molar-refractivity contribution < 1.29 is 14.2 Å². The molecule has 0 spiro atoms. The summed E-state index contributed by atoms with van der Waals surface area (Å²) < 4.78 is 16.3. The lowest BCUT2D eigenvalue weighted by atomic mass is 10.3. The fourth-order valence-corrected chi connectivity index (χ4v) is 2.10. The first-order chi connectivity index (χ1) is 9.78. The summed E-state index contributed by atoms with van der Waals surface area (Å²) in [6.45, 7) is 0.241. The van der Waals surface area contributed by atoms with Gasteiger partial charge in [0.1, 0.15) is 17.4 Å². The van der Waals surface area contributed by atoms with Crippen molar-refractivity contribution in [1.82, 2.24) is 9.97 Å². The molecule has 0 bridgehead atoms. The zero-order valence-corrected chi connectivity index (χ0v) is 10.7. The molecule has 102 valence electrons. The highest BCUT2D eigenvalue weighted by Crippen LogP contribution is 2.40. The van der Waals surface area contributed by atoms with Crippen LogP contribution in [0.3, 0.4) is 0 Å². The van der Waals surface area contributed by atoms with Crippen LogP contribution in [0.25, 0.3) is 0 Å². The van der Waals surface area contributed by atoms with Crippen molar-refractivity contribution in [3.8, 4) is 23.1 Å². The van der Waals surface area contributed by atoms with E-state index in [2.05, 4.69) is 9.97 Å². The van der Waals surface area contributed by atoms with Crippen LogP contribution in [-0.4, -0.2) is 16.8 Å². The van der Waals surface area contributed by atoms with Crippen LogP contribution in [0.2, 0.25) is 0 Å². The van der Waals surface area contributed by atoms with E-state index in [4.69, 9.17) is 19.9 Å². The maximum Gasteiger partial charge on any atom is 0.231 e. The minimum absolute atomic E-state index is 0.241. The number of anilines is 1. The average molecular weight is 271 g/mol. The van der Waals surface area contributed by atoms with Crippen LogP contribution in [0.1, 0.15) is 24.6 Å². The molecule has 1 aromatic carbocycles. The quantitative estimate of drug-likeness (QED) is 0.923. The minimum Gasteiger partial charge on any atom is -0.454 e. The maximum absolute atomic E-state index is 5.79. The molecule has 1 aliphatic carbocycles. The molecule has 0 amide bonds. The molecule has 20 heavy (non-hydrogen) atoms. The topological polar surface area (TPSA) is 79.5 Å². The second-order valence-electron chi connectivity index (χ2n) is 4.88. The van der Waals surface area contributed by atoms with E-state index in [1.54, 1.807) is 12.1 Å². The van der Waals surface area contributed by atoms with Crippen LogP contribution in [0.5, 0.6) is 23.1 Å². The number of hydrogen-bond donors (Lipinski definition) is 1. The Labute approximate surface area is 115 Å². The Morgan fingerprint density at radius 3 is 2.80 bits per heavy atom. The Kier molecular flexibility index (Phi) is 2.42. The van der Waals surface area contributed by atoms with E-state index >= 15 is 0 Å². The largest absolute Gasteiger partial charge is 0.454 e. The predicted molar refractivity (Wildman–Crippen MR) is 71.1 cm³/mol. The van der Waals surface area contributed by atoms with Crippen molar-refractivity contribution in [3.05, 3.63) is 30.1 Å². The third kappa shape index (κ3) is 2.09. The van der Waals surface area contributed by atoms with Gasteiger partial charge < -0.3 is 19.9 Å². The Morgan fingerprint density at radius 1 is 1.10 bits per heavy atom. The summed E-state index contributed by atoms with van der Waals surface area (Å²) in [7, 11) is 0. The molecule has 2 heterocycles. The Bertz CT molecular complexity index is 671. The first-order valence-corrected chi connectivity index (χ1v) is 6.50. The highest BCUT2D eigenvalue weighted by atomic mass is 16.7. The Morgan fingerprint density at radius 2 is 1.95 bits per heavy atom. The van der Waals surface area contributed by atoms with Gasteiger partial charge in [-0.1, -0.05) is 0 Å². The molecule has 0 unspecified atom stereocenters. The molecule has 1 aromatic heterocycles. The third-order valence-electron chi connectivity index (χ3n) is 3.25. The highest BCUT2D eigenvalue weighted by Gasteiger charge is 2.27. The molecule has 0 radical (unpaired) electrons. The van der Waals surface area contributed by atoms with Gasteiger partial charge in [0.05, 0.1) is 0 Å². The van der Waals surface area contributed by atoms with Gasteiger partial charge in [0.2, 0.25) is 12.7 Å². The van der Waals surface area contributed by atoms with Crippen LogP contribution in [0.4, 0.5) is 5.82 Å². The van der Waals surface area contributed by atoms with Crippen molar-refractivity contribution in [2.75, 3.05) is 12.5 Å². The zero-order valence-electron chi connectivity index (χ0n) is 10.7. The van der Waals surface area contributed by atoms with Crippen LogP contribution in [-0.2, 0) is 0 Å². The summed E-state index contributed by atoms with van der Waals surface area (Å²) in [4.78, 5) is 8.64. The fourth-order valence-electron chi connectivity index (χ4n) is 2.10. The number of rotatable bonds is 3. The van der Waals surface area contributed by atoms with Crippen LogP contribution < -0.4 is 19.9 Å². The van der Waals surface area contributed by atoms with Gasteiger partial charge in [0, 0.05) is 18.1 Å². The molecule has 0 saturated heterocycles. The van der Waals surface area contributed by atoms with Gasteiger partial charge >= 0.3 is 0 Å². The smallest absolute Gasteiger partial charge is 0.231 e. The number of ether oxygens (including phenoxy) is 3. The van der Waals surface area contributed by atoms with Crippen LogP contribution in [0.15, 0.2) is 24.3 Å². The van der Waals surface area contributed by atoms with E-state index in [1.165, 1.54) is 0 Å². The molecule has 2 N–H and O–H groups in total. The second kappa shape index (κ2) is 4.26. The van der Waals surface area contributed by atoms with E-state index in [-0.39, 0.29) is 6.79 Å². The van der Waals surface area contributed by atoms with Crippen LogP contribution >= 0.6 is 0 Å². The second-order valence-corrected chi connectivity index (χ2v) is 4.88. The molecule has 1 fully saturated rings. The number of hydrogen-bond acceptors (Lipinski definition) is 6. The molecular weight excluding hydrogens is 258 g/mol. The summed E-state index contributed by atoms with van der Waals surface area (Å²) in [5.74, 6) is 4.11. The number of nitrogen functional groups attached to an aromatic ring is 1. The summed E-state index contributed by atoms with van der Waals surface area (Å²) >= 11 is 0. The number of fused-ring (bicyclic) bond motifs is 1. The molecule has 1 aliphatic heterocycles. The van der Waals surface area contributed by atoms with Crippen molar-refractivity contribution >= 4 is 5.82 Å². The third-order valence-corrected chi connectivity index (χ3v) is 3.25.